The topological polar surface area (TPSA) is 87.5 Å². The molecule has 1 aliphatic heterocycles. The first kappa shape index (κ1) is 17.4. The third kappa shape index (κ3) is 3.24. The van der Waals surface area contributed by atoms with Gasteiger partial charge in [-0.2, -0.15) is 0 Å². The van der Waals surface area contributed by atoms with Crippen molar-refractivity contribution in [1.82, 2.24) is 14.9 Å². The van der Waals surface area contributed by atoms with E-state index in [0.717, 1.165) is 13.0 Å². The maximum Gasteiger partial charge on any atom is 0.293 e. The van der Waals surface area contributed by atoms with Crippen LogP contribution in [0.15, 0.2) is 23.0 Å². The van der Waals surface area contributed by atoms with Crippen molar-refractivity contribution in [2.24, 2.45) is 5.92 Å². The second-order valence-corrected chi connectivity index (χ2v) is 6.33. The van der Waals surface area contributed by atoms with Crippen molar-refractivity contribution in [2.75, 3.05) is 31.1 Å². The second-order valence-electron chi connectivity index (χ2n) is 6.33. The van der Waals surface area contributed by atoms with Crippen molar-refractivity contribution in [1.29, 1.82) is 0 Å². The van der Waals surface area contributed by atoms with E-state index in [1.807, 2.05) is 18.7 Å². The van der Waals surface area contributed by atoms with E-state index in [1.54, 1.807) is 22.8 Å². The van der Waals surface area contributed by atoms with E-state index >= 15 is 0 Å². The summed E-state index contributed by atoms with van der Waals surface area (Å²) in [5, 5.41) is 12.1. The molecule has 1 fully saturated rings. The number of hydrogen-bond acceptors (Lipinski definition) is 5. The molecule has 1 aromatic heterocycles. The van der Waals surface area contributed by atoms with Gasteiger partial charge in [-0.1, -0.05) is 0 Å². The number of nitrogens with one attached hydrogen (secondary N) is 1. The standard InChI is InChI=1S/C18H24N4O3/c1-3-19-17(24)13-5-6-14-15(9-13)22(4-2)18(25)16(20-14)21-8-7-12(10-21)11-23/h5-6,9,12,23H,3-4,7-8,10-11H2,1-2H3,(H,19,24)/t12-/m0/s1. The summed E-state index contributed by atoms with van der Waals surface area (Å²) < 4.78 is 1.66. The minimum atomic E-state index is -0.158. The van der Waals surface area contributed by atoms with Gasteiger partial charge in [0.1, 0.15) is 0 Å². The molecule has 1 amide bonds. The van der Waals surface area contributed by atoms with Crippen LogP contribution in [0.4, 0.5) is 5.82 Å². The number of fused-ring (bicyclic) bond motifs is 1. The van der Waals surface area contributed by atoms with Gasteiger partial charge in [-0.25, -0.2) is 4.98 Å². The number of aliphatic hydroxyl groups excluding tert-OH is 1. The molecule has 2 aromatic rings. The van der Waals surface area contributed by atoms with Crippen LogP contribution in [0.1, 0.15) is 30.6 Å². The first-order valence-electron chi connectivity index (χ1n) is 8.77. The Labute approximate surface area is 146 Å². The molecule has 0 spiro atoms. The lowest BCUT2D eigenvalue weighted by Crippen LogP contribution is -2.32. The lowest BCUT2D eigenvalue weighted by atomic mass is 10.1. The molecule has 1 atom stereocenters. The molecular weight excluding hydrogens is 320 g/mol. The van der Waals surface area contributed by atoms with Gasteiger partial charge in [0, 0.05) is 44.3 Å². The summed E-state index contributed by atoms with van der Waals surface area (Å²) in [4.78, 5) is 31.5. The maximum absolute atomic E-state index is 12.9. The summed E-state index contributed by atoms with van der Waals surface area (Å²) in [6.07, 6.45) is 0.859. The number of benzene rings is 1. The third-order valence-corrected chi connectivity index (χ3v) is 4.69. The number of anilines is 1. The average Bonchev–Trinajstić information content (AvgIpc) is 3.10. The average molecular weight is 344 g/mol. The van der Waals surface area contributed by atoms with Gasteiger partial charge >= 0.3 is 0 Å². The fourth-order valence-electron chi connectivity index (χ4n) is 3.32. The smallest absolute Gasteiger partial charge is 0.293 e. The molecule has 0 aliphatic carbocycles. The first-order valence-corrected chi connectivity index (χ1v) is 8.77. The number of amides is 1. The molecule has 1 aliphatic rings. The van der Waals surface area contributed by atoms with Crippen LogP contribution in [-0.4, -0.2) is 46.8 Å². The lowest BCUT2D eigenvalue weighted by molar-refractivity contribution is 0.0956. The van der Waals surface area contributed by atoms with E-state index in [0.29, 0.717) is 42.0 Å². The van der Waals surface area contributed by atoms with Crippen LogP contribution in [0.2, 0.25) is 0 Å². The van der Waals surface area contributed by atoms with Gasteiger partial charge in [0.05, 0.1) is 11.0 Å². The Morgan fingerprint density at radius 2 is 2.20 bits per heavy atom. The molecule has 25 heavy (non-hydrogen) atoms. The monoisotopic (exact) mass is 344 g/mol. The Balaban J connectivity index is 2.08. The van der Waals surface area contributed by atoms with Gasteiger partial charge in [-0.3, -0.25) is 9.59 Å². The van der Waals surface area contributed by atoms with Crippen molar-refractivity contribution in [3.8, 4) is 0 Å². The summed E-state index contributed by atoms with van der Waals surface area (Å²) >= 11 is 0. The molecule has 0 unspecified atom stereocenters. The highest BCUT2D eigenvalue weighted by atomic mass is 16.3. The number of aryl methyl sites for hydroxylation is 1. The van der Waals surface area contributed by atoms with Crippen LogP contribution in [0.25, 0.3) is 11.0 Å². The zero-order valence-electron chi connectivity index (χ0n) is 14.7. The maximum atomic E-state index is 12.9. The quantitative estimate of drug-likeness (QED) is 0.844. The minimum Gasteiger partial charge on any atom is -0.396 e. The molecule has 1 aromatic carbocycles. The molecule has 2 heterocycles. The van der Waals surface area contributed by atoms with E-state index in [4.69, 9.17) is 0 Å². The summed E-state index contributed by atoms with van der Waals surface area (Å²) in [5.41, 5.74) is 1.73. The van der Waals surface area contributed by atoms with Crippen molar-refractivity contribution in [2.45, 2.75) is 26.8 Å². The molecule has 0 saturated carbocycles. The number of carbonyl (C=O) groups is 1. The number of aliphatic hydroxyl groups is 1. The molecule has 0 radical (unpaired) electrons. The van der Waals surface area contributed by atoms with Crippen molar-refractivity contribution < 1.29 is 9.90 Å². The fraction of sp³-hybridized carbons (Fsp3) is 0.500. The normalized spacial score (nSPS) is 17.2. The highest BCUT2D eigenvalue weighted by molar-refractivity contribution is 5.97. The Morgan fingerprint density at radius 1 is 1.40 bits per heavy atom. The molecule has 7 heteroatoms. The van der Waals surface area contributed by atoms with Gasteiger partial charge in [0.15, 0.2) is 5.82 Å². The largest absolute Gasteiger partial charge is 0.396 e. The molecular formula is C18H24N4O3. The van der Waals surface area contributed by atoms with Gasteiger partial charge < -0.3 is 19.9 Å². The minimum absolute atomic E-state index is 0.127. The molecule has 1 saturated heterocycles. The molecule has 2 N–H and O–H groups in total. The highest BCUT2D eigenvalue weighted by Gasteiger charge is 2.26. The Morgan fingerprint density at radius 3 is 2.84 bits per heavy atom. The summed E-state index contributed by atoms with van der Waals surface area (Å²) in [5.74, 6) is 0.456. The van der Waals surface area contributed by atoms with Gasteiger partial charge in [-0.15, -0.1) is 0 Å². The van der Waals surface area contributed by atoms with Crippen LogP contribution in [0.5, 0.6) is 0 Å². The van der Waals surface area contributed by atoms with Gasteiger partial charge in [-0.05, 0) is 38.5 Å². The molecule has 0 bridgehead atoms. The molecule has 7 nitrogen and oxygen atoms in total. The van der Waals surface area contributed by atoms with Crippen molar-refractivity contribution >= 4 is 22.8 Å². The number of aromatic nitrogens is 2. The molecule has 3 rings (SSSR count). The highest BCUT2D eigenvalue weighted by Crippen LogP contribution is 2.22. The van der Waals surface area contributed by atoms with Crippen molar-refractivity contribution in [3.05, 3.63) is 34.1 Å². The fourth-order valence-corrected chi connectivity index (χ4v) is 3.32. The zero-order valence-corrected chi connectivity index (χ0v) is 14.7. The van der Waals surface area contributed by atoms with E-state index in [9.17, 15) is 14.7 Å². The van der Waals surface area contributed by atoms with Crippen molar-refractivity contribution in [3.63, 3.8) is 0 Å². The summed E-state index contributed by atoms with van der Waals surface area (Å²) in [6.45, 7) is 6.32. The predicted molar refractivity (Wildman–Crippen MR) is 97.1 cm³/mol. The SMILES string of the molecule is CCNC(=O)c1ccc2nc(N3CC[C@H](CO)C3)c(=O)n(CC)c2c1. The summed E-state index contributed by atoms with van der Waals surface area (Å²) in [6, 6.07) is 5.24. The van der Waals surface area contributed by atoms with E-state index in [1.165, 1.54) is 0 Å². The van der Waals surface area contributed by atoms with E-state index < -0.39 is 0 Å². The Kier molecular flexibility index (Phi) is 5.03. The van der Waals surface area contributed by atoms with Crippen LogP contribution < -0.4 is 15.8 Å². The number of carbonyl (C=O) groups excluding carboxylic acids is 1. The van der Waals surface area contributed by atoms with Crippen LogP contribution in [0, 0.1) is 5.92 Å². The third-order valence-electron chi connectivity index (χ3n) is 4.69. The van der Waals surface area contributed by atoms with Crippen LogP contribution in [0.3, 0.4) is 0 Å². The number of nitrogens with zero attached hydrogens (tertiary/aromatic N) is 3. The Bertz CT molecular complexity index is 846. The lowest BCUT2D eigenvalue weighted by Gasteiger charge is -2.19. The van der Waals surface area contributed by atoms with Crippen LogP contribution in [-0.2, 0) is 6.54 Å². The number of rotatable bonds is 5. The van der Waals surface area contributed by atoms with E-state index in [-0.39, 0.29) is 24.0 Å². The molecule has 134 valence electrons. The van der Waals surface area contributed by atoms with Crippen LogP contribution >= 0.6 is 0 Å². The Hall–Kier alpha value is -2.41. The van der Waals surface area contributed by atoms with Gasteiger partial charge in [0.25, 0.3) is 11.5 Å². The first-order chi connectivity index (χ1) is 12.1. The zero-order chi connectivity index (χ0) is 18.0. The predicted octanol–water partition coefficient (Wildman–Crippen LogP) is 0.985. The summed E-state index contributed by atoms with van der Waals surface area (Å²) in [7, 11) is 0. The van der Waals surface area contributed by atoms with E-state index in [2.05, 4.69) is 10.3 Å². The number of hydrogen-bond donors (Lipinski definition) is 2. The second kappa shape index (κ2) is 7.23. The van der Waals surface area contributed by atoms with Gasteiger partial charge in [0.2, 0.25) is 0 Å².